The third-order valence-electron chi connectivity index (χ3n) is 2.87. The molecule has 0 fully saturated rings. The molecule has 0 unspecified atom stereocenters. The average Bonchev–Trinajstić information content (AvgIpc) is 2.55. The third-order valence-corrected chi connectivity index (χ3v) is 2.87. The molecule has 5 nitrogen and oxygen atoms in total. The topological polar surface area (TPSA) is 56.8 Å². The van der Waals surface area contributed by atoms with Crippen molar-refractivity contribution in [1.82, 2.24) is 0 Å². The van der Waals surface area contributed by atoms with Crippen LogP contribution < -0.4 is 19.5 Å². The van der Waals surface area contributed by atoms with Gasteiger partial charge in [-0.15, -0.1) is 0 Å². The molecule has 0 aromatic heterocycles. The maximum absolute atomic E-state index is 13.1. The summed E-state index contributed by atoms with van der Waals surface area (Å²) in [6, 6.07) is 10.7. The van der Waals surface area contributed by atoms with Gasteiger partial charge in [0.2, 0.25) is 0 Å². The molecule has 0 aliphatic heterocycles. The zero-order chi connectivity index (χ0) is 15.9. The van der Waals surface area contributed by atoms with Crippen molar-refractivity contribution < 1.29 is 23.4 Å². The Hall–Kier alpha value is -2.76. The molecule has 22 heavy (non-hydrogen) atoms. The Morgan fingerprint density at radius 3 is 2.36 bits per heavy atom. The lowest BCUT2D eigenvalue weighted by Crippen LogP contribution is -2.20. The number of hydrogen-bond donors (Lipinski definition) is 1. The smallest absolute Gasteiger partial charge is 0.262 e. The van der Waals surface area contributed by atoms with E-state index in [4.69, 9.17) is 14.2 Å². The van der Waals surface area contributed by atoms with Gasteiger partial charge in [-0.05, 0) is 36.4 Å². The van der Waals surface area contributed by atoms with E-state index < -0.39 is 5.82 Å². The molecular formula is C16H16FNO4. The highest BCUT2D eigenvalue weighted by molar-refractivity contribution is 5.93. The maximum Gasteiger partial charge on any atom is 0.262 e. The molecule has 2 aromatic rings. The molecule has 6 heteroatoms. The first-order chi connectivity index (χ1) is 10.6. The molecule has 116 valence electrons. The molecule has 0 atom stereocenters. The quantitative estimate of drug-likeness (QED) is 0.891. The molecule has 0 bridgehead atoms. The maximum atomic E-state index is 13.1. The van der Waals surface area contributed by atoms with Gasteiger partial charge in [0.05, 0.1) is 19.9 Å². The Labute approximate surface area is 127 Å². The summed E-state index contributed by atoms with van der Waals surface area (Å²) in [5.74, 6) is 0.678. The minimum absolute atomic E-state index is 0.174. The summed E-state index contributed by atoms with van der Waals surface area (Å²) < 4.78 is 28.5. The summed E-state index contributed by atoms with van der Waals surface area (Å²) in [4.78, 5) is 11.9. The first-order valence-electron chi connectivity index (χ1n) is 6.52. The van der Waals surface area contributed by atoms with Gasteiger partial charge in [-0.1, -0.05) is 0 Å². The number of carbonyl (C=O) groups excluding carboxylic acids is 1. The van der Waals surface area contributed by atoms with E-state index in [2.05, 4.69) is 5.32 Å². The van der Waals surface area contributed by atoms with Crippen LogP contribution in [0.5, 0.6) is 17.2 Å². The number of anilines is 1. The Morgan fingerprint density at radius 2 is 1.73 bits per heavy atom. The van der Waals surface area contributed by atoms with Crippen molar-refractivity contribution in [3.8, 4) is 17.2 Å². The average molecular weight is 305 g/mol. The van der Waals surface area contributed by atoms with E-state index >= 15 is 0 Å². The summed E-state index contributed by atoms with van der Waals surface area (Å²) in [6.45, 7) is -0.174. The van der Waals surface area contributed by atoms with Crippen molar-refractivity contribution in [2.75, 3.05) is 26.1 Å². The number of rotatable bonds is 6. The van der Waals surface area contributed by atoms with Gasteiger partial charge in [0.25, 0.3) is 5.91 Å². The molecule has 0 heterocycles. The van der Waals surface area contributed by atoms with Crippen molar-refractivity contribution in [3.05, 3.63) is 48.3 Å². The lowest BCUT2D eigenvalue weighted by Gasteiger charge is -2.11. The standard InChI is InChI=1S/C16H16FNO4/c1-20-12-4-6-13(7-5-12)22-10-16(19)18-14-8-3-11(17)9-15(14)21-2/h3-9H,10H2,1-2H3,(H,18,19). The van der Waals surface area contributed by atoms with E-state index in [0.29, 0.717) is 17.2 Å². The van der Waals surface area contributed by atoms with Gasteiger partial charge in [0.15, 0.2) is 6.61 Å². The van der Waals surface area contributed by atoms with Gasteiger partial charge in [-0.25, -0.2) is 4.39 Å². The third kappa shape index (κ3) is 4.12. The molecule has 0 aliphatic carbocycles. The first-order valence-corrected chi connectivity index (χ1v) is 6.52. The Balaban J connectivity index is 1.92. The lowest BCUT2D eigenvalue weighted by atomic mass is 10.3. The van der Waals surface area contributed by atoms with E-state index in [9.17, 15) is 9.18 Å². The van der Waals surface area contributed by atoms with Crippen LogP contribution in [0.15, 0.2) is 42.5 Å². The van der Waals surface area contributed by atoms with Crippen molar-refractivity contribution in [2.24, 2.45) is 0 Å². The number of halogens is 1. The number of methoxy groups -OCH3 is 2. The molecule has 1 amide bonds. The highest BCUT2D eigenvalue weighted by atomic mass is 19.1. The SMILES string of the molecule is COc1ccc(OCC(=O)Nc2ccc(F)cc2OC)cc1. The Morgan fingerprint density at radius 1 is 1.05 bits per heavy atom. The van der Waals surface area contributed by atoms with E-state index in [0.717, 1.165) is 0 Å². The highest BCUT2D eigenvalue weighted by Crippen LogP contribution is 2.25. The van der Waals surface area contributed by atoms with Crippen LogP contribution in [0.3, 0.4) is 0 Å². The van der Waals surface area contributed by atoms with Crippen molar-refractivity contribution in [2.45, 2.75) is 0 Å². The van der Waals surface area contributed by atoms with E-state index in [1.54, 1.807) is 31.4 Å². The van der Waals surface area contributed by atoms with Crippen molar-refractivity contribution in [3.63, 3.8) is 0 Å². The summed E-state index contributed by atoms with van der Waals surface area (Å²) in [5.41, 5.74) is 0.382. The minimum atomic E-state index is -0.440. The Bertz CT molecular complexity index is 643. The molecule has 0 spiro atoms. The predicted molar refractivity (Wildman–Crippen MR) is 80.1 cm³/mol. The molecule has 0 aliphatic rings. The van der Waals surface area contributed by atoms with Gasteiger partial charge in [-0.2, -0.15) is 0 Å². The van der Waals surface area contributed by atoms with Gasteiger partial charge in [-0.3, -0.25) is 4.79 Å². The fourth-order valence-electron chi connectivity index (χ4n) is 1.78. The zero-order valence-electron chi connectivity index (χ0n) is 12.3. The van der Waals surface area contributed by atoms with E-state index in [1.165, 1.54) is 25.3 Å². The van der Waals surface area contributed by atoms with Crippen LogP contribution in [-0.2, 0) is 4.79 Å². The first kappa shape index (κ1) is 15.6. The van der Waals surface area contributed by atoms with Crippen LogP contribution in [0.2, 0.25) is 0 Å². The Kier molecular flexibility index (Phi) is 5.19. The number of hydrogen-bond acceptors (Lipinski definition) is 4. The number of ether oxygens (including phenoxy) is 3. The second-order valence-corrected chi connectivity index (χ2v) is 4.36. The second-order valence-electron chi connectivity index (χ2n) is 4.36. The molecule has 2 rings (SSSR count). The van der Waals surface area contributed by atoms with Crippen molar-refractivity contribution in [1.29, 1.82) is 0 Å². The summed E-state index contributed by atoms with van der Waals surface area (Å²) in [7, 11) is 2.97. The monoisotopic (exact) mass is 305 g/mol. The molecule has 2 aromatic carbocycles. The fraction of sp³-hybridized carbons (Fsp3) is 0.188. The number of benzene rings is 2. The highest BCUT2D eigenvalue weighted by Gasteiger charge is 2.09. The van der Waals surface area contributed by atoms with E-state index in [1.807, 2.05) is 0 Å². The van der Waals surface area contributed by atoms with Gasteiger partial charge >= 0.3 is 0 Å². The number of carbonyl (C=O) groups is 1. The largest absolute Gasteiger partial charge is 0.497 e. The van der Waals surface area contributed by atoms with Crippen LogP contribution in [-0.4, -0.2) is 26.7 Å². The van der Waals surface area contributed by atoms with Crippen molar-refractivity contribution >= 4 is 11.6 Å². The van der Waals surface area contributed by atoms with Crippen LogP contribution in [0.1, 0.15) is 0 Å². The number of amides is 1. The molecule has 0 saturated heterocycles. The predicted octanol–water partition coefficient (Wildman–Crippen LogP) is 2.86. The van der Waals surface area contributed by atoms with Gasteiger partial charge in [0.1, 0.15) is 23.1 Å². The van der Waals surface area contributed by atoms with Crippen LogP contribution >= 0.6 is 0 Å². The van der Waals surface area contributed by atoms with Crippen LogP contribution in [0.25, 0.3) is 0 Å². The molecule has 1 N–H and O–H groups in total. The van der Waals surface area contributed by atoms with E-state index in [-0.39, 0.29) is 18.3 Å². The molecule has 0 saturated carbocycles. The summed E-state index contributed by atoms with van der Waals surface area (Å²) >= 11 is 0. The summed E-state index contributed by atoms with van der Waals surface area (Å²) in [5, 5.41) is 2.60. The molecule has 0 radical (unpaired) electrons. The van der Waals surface area contributed by atoms with Crippen LogP contribution in [0.4, 0.5) is 10.1 Å². The summed E-state index contributed by atoms with van der Waals surface area (Å²) in [6.07, 6.45) is 0. The second kappa shape index (κ2) is 7.31. The minimum Gasteiger partial charge on any atom is -0.497 e. The van der Waals surface area contributed by atoms with Crippen LogP contribution in [0, 0.1) is 5.82 Å². The molecular weight excluding hydrogens is 289 g/mol. The number of nitrogens with one attached hydrogen (secondary N) is 1. The van der Waals surface area contributed by atoms with Gasteiger partial charge in [0, 0.05) is 6.07 Å². The normalized spacial score (nSPS) is 9.95. The fourth-order valence-corrected chi connectivity index (χ4v) is 1.78. The lowest BCUT2D eigenvalue weighted by molar-refractivity contribution is -0.118. The van der Waals surface area contributed by atoms with Gasteiger partial charge < -0.3 is 19.5 Å². The zero-order valence-corrected chi connectivity index (χ0v) is 12.3.